The minimum Gasteiger partial charge on any atom is -0.381 e. The van der Waals surface area contributed by atoms with Gasteiger partial charge in [0.15, 0.2) is 0 Å². The summed E-state index contributed by atoms with van der Waals surface area (Å²) in [6.07, 6.45) is 1.78. The van der Waals surface area contributed by atoms with Crippen molar-refractivity contribution in [3.8, 4) is 0 Å². The normalized spacial score (nSPS) is 26.7. The van der Waals surface area contributed by atoms with Crippen molar-refractivity contribution in [2.24, 2.45) is 11.8 Å². The van der Waals surface area contributed by atoms with E-state index >= 15 is 0 Å². The number of likely N-dealkylation sites (tertiary alicyclic amines) is 1. The van der Waals surface area contributed by atoms with Crippen molar-refractivity contribution in [1.82, 2.24) is 4.90 Å². The molecule has 1 heterocycles. The maximum absolute atomic E-state index is 11.8. The van der Waals surface area contributed by atoms with Gasteiger partial charge in [-0.1, -0.05) is 13.8 Å². The van der Waals surface area contributed by atoms with Gasteiger partial charge in [-0.2, -0.15) is 0 Å². The first-order chi connectivity index (χ1) is 7.13. The number of piperidine rings is 1. The molecule has 0 radical (unpaired) electrons. The number of nitrogens with zero attached hydrogens (tertiary/aromatic N) is 1. The van der Waals surface area contributed by atoms with Crippen LogP contribution in [0.2, 0.25) is 0 Å². The number of carbonyl (C=O) groups excluding carboxylic acids is 1. The summed E-state index contributed by atoms with van der Waals surface area (Å²) in [7, 11) is 0. The zero-order valence-corrected chi connectivity index (χ0v) is 10.2. The Morgan fingerprint density at radius 2 is 1.93 bits per heavy atom. The molecular formula is C12H23NO2. The lowest BCUT2D eigenvalue weighted by Gasteiger charge is -2.35. The van der Waals surface area contributed by atoms with Crippen LogP contribution in [0.25, 0.3) is 0 Å². The van der Waals surface area contributed by atoms with E-state index < -0.39 is 0 Å². The fraction of sp³-hybridized carbons (Fsp3) is 0.917. The van der Waals surface area contributed by atoms with Gasteiger partial charge in [0.2, 0.25) is 5.91 Å². The molecule has 0 saturated carbocycles. The smallest absolute Gasteiger partial charge is 0.224 e. The Kier molecular flexibility index (Phi) is 5.09. The standard InChI is InChI=1S/C12H23NO2/c1-4-15-6-5-12(14)13-8-10(2)7-11(3)9-13/h10-11H,4-9H2,1-3H3/t10-,11-/m0/s1. The topological polar surface area (TPSA) is 29.5 Å². The number of ether oxygens (including phenoxy) is 1. The monoisotopic (exact) mass is 213 g/mol. The first-order valence-corrected chi connectivity index (χ1v) is 5.99. The molecule has 0 unspecified atom stereocenters. The minimum atomic E-state index is 0.252. The third-order valence-electron chi connectivity index (χ3n) is 2.89. The first kappa shape index (κ1) is 12.5. The highest BCUT2D eigenvalue weighted by atomic mass is 16.5. The van der Waals surface area contributed by atoms with Gasteiger partial charge in [0, 0.05) is 19.7 Å². The number of amides is 1. The SMILES string of the molecule is CCOCCC(=O)N1C[C@@H](C)C[C@H](C)C1. The van der Waals surface area contributed by atoms with E-state index in [0.29, 0.717) is 31.5 Å². The van der Waals surface area contributed by atoms with Crippen LogP contribution in [0.5, 0.6) is 0 Å². The van der Waals surface area contributed by atoms with Crippen LogP contribution in [-0.4, -0.2) is 37.1 Å². The van der Waals surface area contributed by atoms with Crippen LogP contribution in [0.1, 0.15) is 33.6 Å². The molecule has 0 spiro atoms. The first-order valence-electron chi connectivity index (χ1n) is 5.99. The highest BCUT2D eigenvalue weighted by Gasteiger charge is 2.24. The lowest BCUT2D eigenvalue weighted by molar-refractivity contribution is -0.135. The van der Waals surface area contributed by atoms with Crippen LogP contribution >= 0.6 is 0 Å². The molecule has 3 heteroatoms. The summed E-state index contributed by atoms with van der Waals surface area (Å²) in [6, 6.07) is 0. The van der Waals surface area contributed by atoms with Crippen molar-refractivity contribution >= 4 is 5.91 Å². The van der Waals surface area contributed by atoms with Crippen molar-refractivity contribution in [2.45, 2.75) is 33.6 Å². The van der Waals surface area contributed by atoms with E-state index in [1.165, 1.54) is 6.42 Å². The number of hydrogen-bond donors (Lipinski definition) is 0. The molecule has 88 valence electrons. The number of hydrogen-bond acceptors (Lipinski definition) is 2. The lowest BCUT2D eigenvalue weighted by atomic mass is 9.92. The van der Waals surface area contributed by atoms with Gasteiger partial charge in [0.25, 0.3) is 0 Å². The Balaban J connectivity index is 2.31. The van der Waals surface area contributed by atoms with Gasteiger partial charge in [-0.3, -0.25) is 4.79 Å². The van der Waals surface area contributed by atoms with Gasteiger partial charge in [0.05, 0.1) is 13.0 Å². The van der Waals surface area contributed by atoms with Crippen molar-refractivity contribution in [3.63, 3.8) is 0 Å². The van der Waals surface area contributed by atoms with Gasteiger partial charge in [0.1, 0.15) is 0 Å². The highest BCUT2D eigenvalue weighted by Crippen LogP contribution is 2.21. The summed E-state index contributed by atoms with van der Waals surface area (Å²) in [4.78, 5) is 13.8. The quantitative estimate of drug-likeness (QED) is 0.668. The van der Waals surface area contributed by atoms with Crippen LogP contribution in [0, 0.1) is 11.8 Å². The molecule has 1 saturated heterocycles. The van der Waals surface area contributed by atoms with Crippen molar-refractivity contribution < 1.29 is 9.53 Å². The molecule has 2 atom stereocenters. The summed E-state index contributed by atoms with van der Waals surface area (Å²) in [5.74, 6) is 1.54. The van der Waals surface area contributed by atoms with Crippen LogP contribution in [-0.2, 0) is 9.53 Å². The molecule has 0 aromatic heterocycles. The molecule has 0 aromatic carbocycles. The van der Waals surface area contributed by atoms with E-state index in [2.05, 4.69) is 13.8 Å². The summed E-state index contributed by atoms with van der Waals surface area (Å²) < 4.78 is 5.20. The van der Waals surface area contributed by atoms with Gasteiger partial charge in [-0.25, -0.2) is 0 Å². The van der Waals surface area contributed by atoms with Crippen molar-refractivity contribution in [2.75, 3.05) is 26.3 Å². The van der Waals surface area contributed by atoms with Gasteiger partial charge in [-0.05, 0) is 25.2 Å². The van der Waals surface area contributed by atoms with E-state index in [0.717, 1.165) is 13.1 Å². The number of rotatable bonds is 4. The van der Waals surface area contributed by atoms with E-state index in [9.17, 15) is 4.79 Å². The van der Waals surface area contributed by atoms with E-state index in [1.54, 1.807) is 0 Å². The molecule has 0 aromatic rings. The average molecular weight is 213 g/mol. The second kappa shape index (κ2) is 6.11. The van der Waals surface area contributed by atoms with E-state index in [1.807, 2.05) is 11.8 Å². The predicted molar refractivity (Wildman–Crippen MR) is 60.6 cm³/mol. The molecule has 0 aliphatic carbocycles. The average Bonchev–Trinajstić information content (AvgIpc) is 2.16. The van der Waals surface area contributed by atoms with Crippen LogP contribution < -0.4 is 0 Å². The molecule has 3 nitrogen and oxygen atoms in total. The third-order valence-corrected chi connectivity index (χ3v) is 2.89. The van der Waals surface area contributed by atoms with Crippen LogP contribution in [0.3, 0.4) is 0 Å². The lowest BCUT2D eigenvalue weighted by Crippen LogP contribution is -2.42. The Hall–Kier alpha value is -0.570. The minimum absolute atomic E-state index is 0.252. The van der Waals surface area contributed by atoms with Crippen molar-refractivity contribution in [3.05, 3.63) is 0 Å². The zero-order chi connectivity index (χ0) is 11.3. The molecule has 1 aliphatic heterocycles. The largest absolute Gasteiger partial charge is 0.381 e. The maximum atomic E-state index is 11.8. The Morgan fingerprint density at radius 3 is 2.47 bits per heavy atom. The molecular weight excluding hydrogens is 190 g/mol. The number of carbonyl (C=O) groups is 1. The van der Waals surface area contributed by atoms with E-state index in [4.69, 9.17) is 4.74 Å². The molecule has 0 N–H and O–H groups in total. The predicted octanol–water partition coefficient (Wildman–Crippen LogP) is 1.92. The second-order valence-corrected chi connectivity index (χ2v) is 4.69. The Bertz CT molecular complexity index is 196. The fourth-order valence-corrected chi connectivity index (χ4v) is 2.33. The van der Waals surface area contributed by atoms with Gasteiger partial charge >= 0.3 is 0 Å². The second-order valence-electron chi connectivity index (χ2n) is 4.69. The third kappa shape index (κ3) is 4.20. The molecule has 1 rings (SSSR count). The summed E-state index contributed by atoms with van der Waals surface area (Å²) in [5.41, 5.74) is 0. The zero-order valence-electron chi connectivity index (χ0n) is 10.2. The Morgan fingerprint density at radius 1 is 1.33 bits per heavy atom. The maximum Gasteiger partial charge on any atom is 0.224 e. The molecule has 0 bridgehead atoms. The van der Waals surface area contributed by atoms with Gasteiger partial charge in [-0.15, -0.1) is 0 Å². The fourth-order valence-electron chi connectivity index (χ4n) is 2.33. The van der Waals surface area contributed by atoms with Crippen LogP contribution in [0.4, 0.5) is 0 Å². The Labute approximate surface area is 92.8 Å². The molecule has 1 aliphatic rings. The molecule has 1 amide bonds. The summed E-state index contributed by atoms with van der Waals surface area (Å²) in [5, 5.41) is 0. The summed E-state index contributed by atoms with van der Waals surface area (Å²) >= 11 is 0. The van der Waals surface area contributed by atoms with Gasteiger partial charge < -0.3 is 9.64 Å². The highest BCUT2D eigenvalue weighted by molar-refractivity contribution is 5.76. The summed E-state index contributed by atoms with van der Waals surface area (Å²) in [6.45, 7) is 9.51. The molecule has 1 fully saturated rings. The van der Waals surface area contributed by atoms with Crippen molar-refractivity contribution in [1.29, 1.82) is 0 Å². The van der Waals surface area contributed by atoms with Crippen LogP contribution in [0.15, 0.2) is 0 Å². The van der Waals surface area contributed by atoms with E-state index in [-0.39, 0.29) is 5.91 Å². The molecule has 15 heavy (non-hydrogen) atoms.